The van der Waals surface area contributed by atoms with Crippen LogP contribution < -0.4 is 10.6 Å². The summed E-state index contributed by atoms with van der Waals surface area (Å²) < 4.78 is 0. The van der Waals surface area contributed by atoms with Crippen molar-refractivity contribution in [2.45, 2.75) is 83.7 Å². The quantitative estimate of drug-likeness (QED) is 0.583. The molecule has 1 saturated heterocycles. The molecule has 2 N–H and O–H groups in total. The van der Waals surface area contributed by atoms with Crippen LogP contribution in [0.5, 0.6) is 0 Å². The smallest absolute Gasteiger partial charge is 0.245 e. The molecule has 0 bridgehead atoms. The van der Waals surface area contributed by atoms with Crippen LogP contribution in [0.25, 0.3) is 0 Å². The lowest BCUT2D eigenvalue weighted by Gasteiger charge is -2.48. The summed E-state index contributed by atoms with van der Waals surface area (Å²) in [5.41, 5.74) is 0.225. The lowest BCUT2D eigenvalue weighted by Crippen LogP contribution is -2.58. The number of piperidine rings is 1. The van der Waals surface area contributed by atoms with E-state index < -0.39 is 11.5 Å². The van der Waals surface area contributed by atoms with E-state index in [1.165, 1.54) is 19.3 Å². The summed E-state index contributed by atoms with van der Waals surface area (Å²) >= 11 is 5.97. The second-order valence-electron chi connectivity index (χ2n) is 10.7. The minimum Gasteiger partial charge on any atom is -0.351 e. The number of benzene rings is 1. The van der Waals surface area contributed by atoms with Crippen LogP contribution >= 0.6 is 11.6 Å². The third-order valence-corrected chi connectivity index (χ3v) is 7.47. The first kappa shape index (κ1) is 25.5. The van der Waals surface area contributed by atoms with Gasteiger partial charge in [-0.05, 0) is 70.1 Å². The Morgan fingerprint density at radius 1 is 1.12 bits per heavy atom. The number of carbonyl (C=O) groups is 3. The molecule has 1 aliphatic heterocycles. The van der Waals surface area contributed by atoms with E-state index in [4.69, 9.17) is 11.6 Å². The van der Waals surface area contributed by atoms with Crippen LogP contribution in [0.3, 0.4) is 0 Å². The summed E-state index contributed by atoms with van der Waals surface area (Å²) in [6, 6.07) is 6.68. The molecule has 1 atom stereocenters. The summed E-state index contributed by atoms with van der Waals surface area (Å²) in [5, 5.41) is 6.57. The van der Waals surface area contributed by atoms with Crippen molar-refractivity contribution in [1.29, 1.82) is 0 Å². The lowest BCUT2D eigenvalue weighted by atomic mass is 9.63. The van der Waals surface area contributed by atoms with E-state index in [0.29, 0.717) is 49.7 Å². The maximum atomic E-state index is 13.5. The van der Waals surface area contributed by atoms with Gasteiger partial charge in [0.15, 0.2) is 0 Å². The Kier molecular flexibility index (Phi) is 8.43. The van der Waals surface area contributed by atoms with Gasteiger partial charge in [-0.25, -0.2) is 0 Å². The highest BCUT2D eigenvalue weighted by Crippen LogP contribution is 2.46. The number of hydrogen-bond donors (Lipinski definition) is 2. The number of rotatable bonds is 7. The van der Waals surface area contributed by atoms with Crippen LogP contribution in [0, 0.1) is 11.3 Å². The van der Waals surface area contributed by atoms with Crippen molar-refractivity contribution in [2.75, 3.05) is 13.1 Å². The highest BCUT2D eigenvalue weighted by molar-refractivity contribution is 6.30. The van der Waals surface area contributed by atoms with Crippen LogP contribution in [0.1, 0.15) is 71.3 Å². The van der Waals surface area contributed by atoms with Gasteiger partial charge in [-0.1, -0.05) is 43.0 Å². The number of carbonyl (C=O) groups excluding carboxylic acids is 3. The van der Waals surface area contributed by atoms with E-state index in [-0.39, 0.29) is 17.4 Å². The molecule has 3 amide bonds. The van der Waals surface area contributed by atoms with Crippen LogP contribution in [0.2, 0.25) is 5.02 Å². The van der Waals surface area contributed by atoms with Crippen LogP contribution in [-0.2, 0) is 20.8 Å². The third kappa shape index (κ3) is 6.50. The Balaban J connectivity index is 1.72. The summed E-state index contributed by atoms with van der Waals surface area (Å²) in [6.45, 7) is 7.12. The van der Waals surface area contributed by atoms with E-state index in [9.17, 15) is 14.4 Å². The molecule has 7 heteroatoms. The molecule has 1 heterocycles. The maximum Gasteiger partial charge on any atom is 0.245 e. The highest BCUT2D eigenvalue weighted by Gasteiger charge is 2.49. The third-order valence-electron chi connectivity index (χ3n) is 7.22. The molecule has 3 rings (SSSR count). The van der Waals surface area contributed by atoms with Crippen LogP contribution in [0.4, 0.5) is 0 Å². The molecule has 2 aliphatic rings. The second-order valence-corrected chi connectivity index (χ2v) is 11.1. The first-order chi connectivity index (χ1) is 15.6. The van der Waals surface area contributed by atoms with Crippen LogP contribution in [0.15, 0.2) is 24.3 Å². The average molecular weight is 476 g/mol. The van der Waals surface area contributed by atoms with Gasteiger partial charge in [0.05, 0.1) is 5.41 Å². The highest BCUT2D eigenvalue weighted by atomic mass is 35.5. The SMILES string of the molecule is CC(C)(C)NC(=O)C1(C2CCCCC2)CCN(C(=O)[C@@H](Cc2ccc(Cl)cc2)NC=O)CC1. The fourth-order valence-corrected chi connectivity index (χ4v) is 5.57. The van der Waals surface area contributed by atoms with Crippen molar-refractivity contribution in [2.24, 2.45) is 11.3 Å². The molecule has 33 heavy (non-hydrogen) atoms. The molecule has 2 fully saturated rings. The topological polar surface area (TPSA) is 78.5 Å². The van der Waals surface area contributed by atoms with Crippen molar-refractivity contribution >= 4 is 29.8 Å². The zero-order valence-corrected chi connectivity index (χ0v) is 20.9. The largest absolute Gasteiger partial charge is 0.351 e. The van der Waals surface area contributed by atoms with Gasteiger partial charge in [-0.15, -0.1) is 0 Å². The summed E-state index contributed by atoms with van der Waals surface area (Å²) in [4.78, 5) is 39.9. The molecule has 1 saturated carbocycles. The number of likely N-dealkylation sites (tertiary alicyclic amines) is 1. The van der Waals surface area contributed by atoms with Gasteiger partial charge in [0.25, 0.3) is 0 Å². The molecule has 6 nitrogen and oxygen atoms in total. The predicted molar refractivity (Wildman–Crippen MR) is 131 cm³/mol. The van der Waals surface area contributed by atoms with Gasteiger partial charge in [0.2, 0.25) is 18.2 Å². The van der Waals surface area contributed by atoms with Crippen molar-refractivity contribution in [1.82, 2.24) is 15.5 Å². The van der Waals surface area contributed by atoms with Crippen molar-refractivity contribution in [3.05, 3.63) is 34.9 Å². The van der Waals surface area contributed by atoms with Gasteiger partial charge >= 0.3 is 0 Å². The van der Waals surface area contributed by atoms with Gasteiger partial charge < -0.3 is 15.5 Å². The van der Waals surface area contributed by atoms with Gasteiger partial charge in [0.1, 0.15) is 6.04 Å². The molecule has 1 aromatic rings. The summed E-state index contributed by atoms with van der Waals surface area (Å²) in [7, 11) is 0. The zero-order chi connectivity index (χ0) is 24.1. The Labute approximate surface area is 202 Å². The molecule has 1 aromatic carbocycles. The van der Waals surface area contributed by atoms with Crippen LogP contribution in [-0.4, -0.2) is 47.8 Å². The zero-order valence-electron chi connectivity index (χ0n) is 20.2. The first-order valence-electron chi connectivity index (χ1n) is 12.2. The van der Waals surface area contributed by atoms with E-state index in [1.54, 1.807) is 12.1 Å². The van der Waals surface area contributed by atoms with Crippen molar-refractivity contribution in [3.8, 4) is 0 Å². The van der Waals surface area contributed by atoms with Gasteiger partial charge in [0, 0.05) is 30.1 Å². The van der Waals surface area contributed by atoms with E-state index in [1.807, 2.05) is 37.8 Å². The summed E-state index contributed by atoms with van der Waals surface area (Å²) in [6.07, 6.45) is 8.07. The minimum absolute atomic E-state index is 0.0921. The fraction of sp³-hybridized carbons (Fsp3) is 0.654. The molecule has 0 unspecified atom stereocenters. The molecule has 0 radical (unpaired) electrons. The molecular formula is C26H38ClN3O3. The monoisotopic (exact) mass is 475 g/mol. The minimum atomic E-state index is -0.630. The average Bonchev–Trinajstić information content (AvgIpc) is 2.79. The normalized spacial score (nSPS) is 20.1. The fourth-order valence-electron chi connectivity index (χ4n) is 5.44. The van der Waals surface area contributed by atoms with Crippen molar-refractivity contribution in [3.63, 3.8) is 0 Å². The van der Waals surface area contributed by atoms with Crippen molar-refractivity contribution < 1.29 is 14.4 Å². The Morgan fingerprint density at radius 3 is 2.27 bits per heavy atom. The predicted octanol–water partition coefficient (Wildman–Crippen LogP) is 4.10. The molecule has 0 spiro atoms. The molecular weight excluding hydrogens is 438 g/mol. The Morgan fingerprint density at radius 2 is 1.73 bits per heavy atom. The number of halogens is 1. The molecule has 182 valence electrons. The lowest BCUT2D eigenvalue weighted by molar-refractivity contribution is -0.147. The van der Waals surface area contributed by atoms with E-state index in [2.05, 4.69) is 10.6 Å². The first-order valence-corrected chi connectivity index (χ1v) is 12.6. The number of amides is 3. The second kappa shape index (κ2) is 10.9. The molecule has 1 aliphatic carbocycles. The maximum absolute atomic E-state index is 13.5. The van der Waals surface area contributed by atoms with E-state index >= 15 is 0 Å². The Hall–Kier alpha value is -2.08. The molecule has 0 aromatic heterocycles. The van der Waals surface area contributed by atoms with Gasteiger partial charge in [-0.2, -0.15) is 0 Å². The number of nitrogens with one attached hydrogen (secondary N) is 2. The summed E-state index contributed by atoms with van der Waals surface area (Å²) in [5.74, 6) is 0.409. The standard InChI is InChI=1S/C26H38ClN3O3/c1-25(2,3)29-24(33)26(20-7-5-4-6-8-20)13-15-30(16-14-26)23(32)22(28-18-31)17-19-9-11-21(27)12-10-19/h9-12,18,20,22H,4-8,13-17H2,1-3H3,(H,28,31)(H,29,33)/t22-/m1/s1. The number of hydrogen-bond acceptors (Lipinski definition) is 3. The number of nitrogens with zero attached hydrogens (tertiary/aromatic N) is 1. The van der Waals surface area contributed by atoms with E-state index in [0.717, 1.165) is 18.4 Å². The Bertz CT molecular complexity index is 820. The van der Waals surface area contributed by atoms with Gasteiger partial charge in [-0.3, -0.25) is 14.4 Å².